The molecule has 0 spiro atoms. The third-order valence-corrected chi connectivity index (χ3v) is 4.86. The van der Waals surface area contributed by atoms with E-state index < -0.39 is 22.9 Å². The standard InChI is InChI=1S/C24H16F3N3O2/c1-13(28)32-24(29)14-5-8-18(26)17(11-14)23-21-4-2-3-20(30(21)10-9-22(23)31)16-7-6-15(25)12-19(16)27/h2-12,28-29H,1H3. The first kappa shape index (κ1) is 21.0. The lowest BCUT2D eigenvalue weighted by Gasteiger charge is -2.14. The Kier molecular flexibility index (Phi) is 5.36. The van der Waals surface area contributed by atoms with Crippen LogP contribution in [-0.2, 0) is 4.74 Å². The van der Waals surface area contributed by atoms with Crippen LogP contribution in [0.3, 0.4) is 0 Å². The number of aromatic nitrogens is 1. The minimum absolute atomic E-state index is 0.00981. The molecule has 0 radical (unpaired) electrons. The van der Waals surface area contributed by atoms with Crippen LogP contribution in [0.15, 0.2) is 71.7 Å². The van der Waals surface area contributed by atoms with Gasteiger partial charge in [0.25, 0.3) is 0 Å². The fourth-order valence-electron chi connectivity index (χ4n) is 3.49. The van der Waals surface area contributed by atoms with E-state index in [1.807, 2.05) is 0 Å². The van der Waals surface area contributed by atoms with Crippen LogP contribution in [0.4, 0.5) is 13.2 Å². The van der Waals surface area contributed by atoms with Crippen LogP contribution in [-0.4, -0.2) is 16.2 Å². The minimum atomic E-state index is -0.779. The highest BCUT2D eigenvalue weighted by Crippen LogP contribution is 2.30. The predicted octanol–water partition coefficient (Wildman–Crippen LogP) is 5.39. The lowest BCUT2D eigenvalue weighted by Crippen LogP contribution is -2.12. The van der Waals surface area contributed by atoms with E-state index >= 15 is 0 Å². The Morgan fingerprint density at radius 3 is 2.41 bits per heavy atom. The number of ether oxygens (including phenoxy) is 1. The predicted molar refractivity (Wildman–Crippen MR) is 116 cm³/mol. The van der Waals surface area contributed by atoms with Crippen molar-refractivity contribution >= 4 is 17.3 Å². The Labute approximate surface area is 180 Å². The number of fused-ring (bicyclic) bond motifs is 1. The van der Waals surface area contributed by atoms with E-state index in [1.165, 1.54) is 41.8 Å². The fraction of sp³-hybridized carbons (Fsp3) is 0.0417. The van der Waals surface area contributed by atoms with Gasteiger partial charge in [-0.3, -0.25) is 15.6 Å². The molecule has 0 saturated carbocycles. The van der Waals surface area contributed by atoms with E-state index in [0.29, 0.717) is 11.2 Å². The highest BCUT2D eigenvalue weighted by Gasteiger charge is 2.18. The smallest absolute Gasteiger partial charge is 0.220 e. The molecule has 0 unspecified atom stereocenters. The third-order valence-electron chi connectivity index (χ3n) is 4.86. The van der Waals surface area contributed by atoms with Gasteiger partial charge in [-0.15, -0.1) is 0 Å². The van der Waals surface area contributed by atoms with Crippen molar-refractivity contribution in [2.24, 2.45) is 0 Å². The Morgan fingerprint density at radius 2 is 1.69 bits per heavy atom. The van der Waals surface area contributed by atoms with Crippen LogP contribution in [0.5, 0.6) is 0 Å². The van der Waals surface area contributed by atoms with Crippen molar-refractivity contribution in [3.05, 3.63) is 100 Å². The highest BCUT2D eigenvalue weighted by atomic mass is 19.1. The molecule has 2 aromatic heterocycles. The topological polar surface area (TPSA) is 78.4 Å². The van der Waals surface area contributed by atoms with Crippen molar-refractivity contribution < 1.29 is 17.9 Å². The van der Waals surface area contributed by atoms with Crippen molar-refractivity contribution in [2.45, 2.75) is 6.92 Å². The Bertz CT molecular complexity index is 1460. The summed E-state index contributed by atoms with van der Waals surface area (Å²) in [5.74, 6) is -2.77. The van der Waals surface area contributed by atoms with Crippen LogP contribution in [0, 0.1) is 28.3 Å². The molecule has 32 heavy (non-hydrogen) atoms. The van der Waals surface area contributed by atoms with Gasteiger partial charge in [0.2, 0.25) is 5.90 Å². The van der Waals surface area contributed by atoms with Gasteiger partial charge in [0, 0.05) is 41.9 Å². The summed E-state index contributed by atoms with van der Waals surface area (Å²) < 4.78 is 49.1. The van der Waals surface area contributed by atoms with Crippen LogP contribution in [0.25, 0.3) is 27.9 Å². The lowest BCUT2D eigenvalue weighted by molar-refractivity contribution is 0.532. The van der Waals surface area contributed by atoms with Gasteiger partial charge in [-0.25, -0.2) is 13.2 Å². The molecule has 0 aliphatic heterocycles. The molecule has 5 nitrogen and oxygen atoms in total. The van der Waals surface area contributed by atoms with E-state index in [0.717, 1.165) is 18.2 Å². The molecule has 0 atom stereocenters. The number of hydrogen-bond donors (Lipinski definition) is 2. The molecule has 2 aromatic carbocycles. The lowest BCUT2D eigenvalue weighted by atomic mass is 10.00. The molecule has 2 N–H and O–H groups in total. The molecule has 8 heteroatoms. The number of hydrogen-bond acceptors (Lipinski definition) is 4. The van der Waals surface area contributed by atoms with Gasteiger partial charge in [0.15, 0.2) is 11.3 Å². The number of nitrogens with one attached hydrogen (secondary N) is 2. The summed E-state index contributed by atoms with van der Waals surface area (Å²) in [6.45, 7) is 1.35. The zero-order valence-corrected chi connectivity index (χ0v) is 16.7. The summed E-state index contributed by atoms with van der Waals surface area (Å²) in [5, 5.41) is 15.3. The van der Waals surface area contributed by atoms with Crippen molar-refractivity contribution in [3.63, 3.8) is 0 Å². The minimum Gasteiger partial charge on any atom is -0.426 e. The first-order chi connectivity index (χ1) is 15.3. The molecule has 0 fully saturated rings. The summed E-state index contributed by atoms with van der Waals surface area (Å²) in [4.78, 5) is 12.8. The molecule has 0 bridgehead atoms. The van der Waals surface area contributed by atoms with Gasteiger partial charge >= 0.3 is 0 Å². The zero-order valence-electron chi connectivity index (χ0n) is 16.7. The van der Waals surface area contributed by atoms with Crippen molar-refractivity contribution in [3.8, 4) is 22.4 Å². The quantitative estimate of drug-likeness (QED) is 0.334. The van der Waals surface area contributed by atoms with Crippen LogP contribution < -0.4 is 5.43 Å². The summed E-state index contributed by atoms with van der Waals surface area (Å²) in [7, 11) is 0. The largest absolute Gasteiger partial charge is 0.426 e. The van der Waals surface area contributed by atoms with E-state index in [-0.39, 0.29) is 34.0 Å². The van der Waals surface area contributed by atoms with Gasteiger partial charge < -0.3 is 9.14 Å². The molecule has 160 valence electrons. The summed E-state index contributed by atoms with van der Waals surface area (Å²) in [6.07, 6.45) is 1.44. The van der Waals surface area contributed by atoms with Crippen molar-refractivity contribution in [1.29, 1.82) is 10.8 Å². The zero-order chi connectivity index (χ0) is 23.0. The van der Waals surface area contributed by atoms with Crippen LogP contribution in [0.2, 0.25) is 0 Å². The monoisotopic (exact) mass is 435 g/mol. The maximum absolute atomic E-state index is 14.8. The molecular weight excluding hydrogens is 419 g/mol. The average molecular weight is 435 g/mol. The SMILES string of the molecule is CC(=N)OC(=N)c1ccc(F)c(-c2c(=O)ccn3c(-c4ccc(F)cc4F)cccc23)c1. The van der Waals surface area contributed by atoms with Gasteiger partial charge in [0.1, 0.15) is 17.5 Å². The molecule has 0 aliphatic carbocycles. The second-order valence-electron chi connectivity index (χ2n) is 7.03. The Hall–Kier alpha value is -4.20. The van der Waals surface area contributed by atoms with Crippen LogP contribution in [0.1, 0.15) is 12.5 Å². The molecule has 0 aliphatic rings. The maximum atomic E-state index is 14.8. The van der Waals surface area contributed by atoms with Crippen molar-refractivity contribution in [2.75, 3.05) is 0 Å². The molecular formula is C24H16F3N3O2. The average Bonchev–Trinajstić information content (AvgIpc) is 2.73. The van der Waals surface area contributed by atoms with Gasteiger partial charge in [0.05, 0.1) is 16.8 Å². The third kappa shape index (κ3) is 3.78. The normalized spacial score (nSPS) is 10.9. The molecule has 0 saturated heterocycles. The van der Waals surface area contributed by atoms with E-state index in [4.69, 9.17) is 15.6 Å². The second-order valence-corrected chi connectivity index (χ2v) is 7.03. The Balaban J connectivity index is 1.97. The van der Waals surface area contributed by atoms with E-state index in [1.54, 1.807) is 18.2 Å². The molecule has 0 amide bonds. The second kappa shape index (κ2) is 8.14. The summed E-state index contributed by atoms with van der Waals surface area (Å²) in [6, 6.07) is 12.9. The first-order valence-electron chi connectivity index (χ1n) is 9.48. The summed E-state index contributed by atoms with van der Waals surface area (Å²) in [5.41, 5.74) is 0.383. The highest BCUT2D eigenvalue weighted by molar-refractivity contribution is 6.00. The summed E-state index contributed by atoms with van der Waals surface area (Å²) >= 11 is 0. The number of rotatable bonds is 3. The van der Waals surface area contributed by atoms with E-state index in [9.17, 15) is 18.0 Å². The van der Waals surface area contributed by atoms with Gasteiger partial charge in [-0.1, -0.05) is 6.07 Å². The fourth-order valence-corrected chi connectivity index (χ4v) is 3.49. The first-order valence-corrected chi connectivity index (χ1v) is 9.48. The Morgan fingerprint density at radius 1 is 0.906 bits per heavy atom. The maximum Gasteiger partial charge on any atom is 0.220 e. The van der Waals surface area contributed by atoms with Gasteiger partial charge in [-0.05, 0) is 42.5 Å². The van der Waals surface area contributed by atoms with Gasteiger partial charge in [-0.2, -0.15) is 0 Å². The number of nitrogens with zero attached hydrogens (tertiary/aromatic N) is 1. The van der Waals surface area contributed by atoms with Crippen molar-refractivity contribution in [1.82, 2.24) is 4.40 Å². The molecule has 4 aromatic rings. The van der Waals surface area contributed by atoms with E-state index in [2.05, 4.69) is 0 Å². The van der Waals surface area contributed by atoms with Crippen LogP contribution >= 0.6 is 0 Å². The number of pyridine rings is 2. The number of benzene rings is 2. The molecule has 2 heterocycles. The number of halogens is 3. The molecule has 4 rings (SSSR count).